The summed E-state index contributed by atoms with van der Waals surface area (Å²) in [6.45, 7) is 2.52. The molecule has 2 aromatic rings. The number of amides is 1. The van der Waals surface area contributed by atoms with E-state index in [9.17, 15) is 4.79 Å². The number of aromatic nitrogens is 2. The SMILES string of the molecule is CCc1cc(C(=O)NCc2cccc(Br)c2)n(C)n1. The number of hydrogen-bond acceptors (Lipinski definition) is 2. The highest BCUT2D eigenvalue weighted by atomic mass is 79.9. The molecule has 0 saturated heterocycles. The van der Waals surface area contributed by atoms with Crippen LogP contribution in [-0.2, 0) is 20.0 Å². The molecule has 4 nitrogen and oxygen atoms in total. The van der Waals surface area contributed by atoms with Gasteiger partial charge in [0.1, 0.15) is 5.69 Å². The van der Waals surface area contributed by atoms with E-state index in [-0.39, 0.29) is 5.91 Å². The van der Waals surface area contributed by atoms with Gasteiger partial charge in [-0.25, -0.2) is 0 Å². The molecule has 0 unspecified atom stereocenters. The first-order valence-electron chi connectivity index (χ1n) is 6.15. The maximum atomic E-state index is 12.1. The van der Waals surface area contributed by atoms with Crippen molar-refractivity contribution in [3.63, 3.8) is 0 Å². The molecule has 1 heterocycles. The van der Waals surface area contributed by atoms with Crippen LogP contribution in [0.3, 0.4) is 0 Å². The van der Waals surface area contributed by atoms with Crippen molar-refractivity contribution in [3.8, 4) is 0 Å². The van der Waals surface area contributed by atoms with Crippen LogP contribution in [0.15, 0.2) is 34.8 Å². The highest BCUT2D eigenvalue weighted by Gasteiger charge is 2.12. The molecule has 0 bridgehead atoms. The zero-order valence-corrected chi connectivity index (χ0v) is 12.6. The summed E-state index contributed by atoms with van der Waals surface area (Å²) in [5, 5.41) is 7.17. The number of rotatable bonds is 4. The first kappa shape index (κ1) is 13.8. The van der Waals surface area contributed by atoms with Gasteiger partial charge < -0.3 is 5.32 Å². The van der Waals surface area contributed by atoms with E-state index in [1.54, 1.807) is 11.7 Å². The quantitative estimate of drug-likeness (QED) is 0.941. The fraction of sp³-hybridized carbons (Fsp3) is 0.286. The monoisotopic (exact) mass is 321 g/mol. The summed E-state index contributed by atoms with van der Waals surface area (Å²) in [7, 11) is 1.78. The Bertz CT molecular complexity index is 592. The van der Waals surface area contributed by atoms with Crippen LogP contribution in [0, 0.1) is 0 Å². The average Bonchev–Trinajstić information content (AvgIpc) is 2.77. The van der Waals surface area contributed by atoms with Crippen LogP contribution >= 0.6 is 15.9 Å². The second-order valence-corrected chi connectivity index (χ2v) is 5.23. The van der Waals surface area contributed by atoms with Gasteiger partial charge >= 0.3 is 0 Å². The fourth-order valence-electron chi connectivity index (χ4n) is 1.83. The molecular formula is C14H16BrN3O. The smallest absolute Gasteiger partial charge is 0.269 e. The standard InChI is InChI=1S/C14H16BrN3O/c1-3-12-8-13(18(2)17-12)14(19)16-9-10-5-4-6-11(15)7-10/h4-8H,3,9H2,1-2H3,(H,16,19). The number of benzene rings is 1. The normalized spacial score (nSPS) is 10.5. The molecule has 0 spiro atoms. The molecular weight excluding hydrogens is 306 g/mol. The Morgan fingerprint density at radius 2 is 2.21 bits per heavy atom. The lowest BCUT2D eigenvalue weighted by molar-refractivity contribution is 0.0941. The first-order valence-corrected chi connectivity index (χ1v) is 6.95. The molecule has 1 aromatic carbocycles. The summed E-state index contributed by atoms with van der Waals surface area (Å²) in [6.07, 6.45) is 0.826. The summed E-state index contributed by atoms with van der Waals surface area (Å²) in [5.74, 6) is -0.102. The maximum absolute atomic E-state index is 12.1. The van der Waals surface area contributed by atoms with Crippen LogP contribution in [0.2, 0.25) is 0 Å². The van der Waals surface area contributed by atoms with Crippen molar-refractivity contribution in [2.24, 2.45) is 7.05 Å². The van der Waals surface area contributed by atoms with Crippen LogP contribution in [0.4, 0.5) is 0 Å². The molecule has 0 saturated carbocycles. The van der Waals surface area contributed by atoms with Crippen LogP contribution < -0.4 is 5.32 Å². The molecule has 1 aromatic heterocycles. The minimum Gasteiger partial charge on any atom is -0.347 e. The molecule has 19 heavy (non-hydrogen) atoms. The summed E-state index contributed by atoms with van der Waals surface area (Å²) < 4.78 is 2.63. The van der Waals surface area contributed by atoms with Gasteiger partial charge in [-0.3, -0.25) is 9.48 Å². The van der Waals surface area contributed by atoms with Crippen molar-refractivity contribution in [2.75, 3.05) is 0 Å². The maximum Gasteiger partial charge on any atom is 0.269 e. The molecule has 1 N–H and O–H groups in total. The molecule has 0 fully saturated rings. The van der Waals surface area contributed by atoms with Crippen molar-refractivity contribution in [2.45, 2.75) is 19.9 Å². The van der Waals surface area contributed by atoms with E-state index in [1.807, 2.05) is 37.3 Å². The number of halogens is 1. The first-order chi connectivity index (χ1) is 9.10. The Morgan fingerprint density at radius 3 is 2.84 bits per heavy atom. The zero-order valence-electron chi connectivity index (χ0n) is 11.0. The van der Waals surface area contributed by atoms with Gasteiger partial charge in [-0.05, 0) is 30.2 Å². The van der Waals surface area contributed by atoms with E-state index in [0.717, 1.165) is 22.2 Å². The van der Waals surface area contributed by atoms with Crippen LogP contribution in [0.5, 0.6) is 0 Å². The number of nitrogens with one attached hydrogen (secondary N) is 1. The molecule has 5 heteroatoms. The van der Waals surface area contributed by atoms with Crippen LogP contribution in [0.1, 0.15) is 28.7 Å². The molecule has 2 rings (SSSR count). The Labute approximate surface area is 120 Å². The number of carbonyl (C=O) groups excluding carboxylic acids is 1. The highest BCUT2D eigenvalue weighted by molar-refractivity contribution is 9.10. The predicted octanol–water partition coefficient (Wildman–Crippen LogP) is 2.68. The third-order valence-corrected chi connectivity index (χ3v) is 3.36. The lowest BCUT2D eigenvalue weighted by atomic mass is 10.2. The number of carbonyl (C=O) groups is 1. The predicted molar refractivity (Wildman–Crippen MR) is 77.9 cm³/mol. The summed E-state index contributed by atoms with van der Waals surface area (Å²) >= 11 is 3.41. The van der Waals surface area contributed by atoms with Crippen molar-refractivity contribution in [1.82, 2.24) is 15.1 Å². The van der Waals surface area contributed by atoms with Gasteiger partial charge in [-0.15, -0.1) is 0 Å². The molecule has 0 radical (unpaired) electrons. The average molecular weight is 322 g/mol. The van der Waals surface area contributed by atoms with E-state index < -0.39 is 0 Å². The Balaban J connectivity index is 2.03. The van der Waals surface area contributed by atoms with Crippen molar-refractivity contribution in [1.29, 1.82) is 0 Å². The van der Waals surface area contributed by atoms with E-state index in [1.165, 1.54) is 0 Å². The summed E-state index contributed by atoms with van der Waals surface area (Å²) in [6, 6.07) is 9.70. The van der Waals surface area contributed by atoms with Crippen LogP contribution in [0.25, 0.3) is 0 Å². The lowest BCUT2D eigenvalue weighted by Crippen LogP contribution is -2.25. The van der Waals surface area contributed by atoms with E-state index in [0.29, 0.717) is 12.2 Å². The van der Waals surface area contributed by atoms with Crippen molar-refractivity contribution >= 4 is 21.8 Å². The molecule has 0 atom stereocenters. The van der Waals surface area contributed by atoms with Crippen LogP contribution in [-0.4, -0.2) is 15.7 Å². The highest BCUT2D eigenvalue weighted by Crippen LogP contribution is 2.11. The molecule has 100 valence electrons. The van der Waals surface area contributed by atoms with Gasteiger partial charge in [0.25, 0.3) is 5.91 Å². The molecule has 1 amide bonds. The van der Waals surface area contributed by atoms with Gasteiger partial charge in [-0.2, -0.15) is 5.10 Å². The third kappa shape index (κ3) is 3.44. The van der Waals surface area contributed by atoms with E-state index in [4.69, 9.17) is 0 Å². The van der Waals surface area contributed by atoms with Gasteiger partial charge in [0.15, 0.2) is 0 Å². The molecule has 0 aliphatic heterocycles. The number of aryl methyl sites for hydroxylation is 2. The van der Waals surface area contributed by atoms with E-state index >= 15 is 0 Å². The van der Waals surface area contributed by atoms with Crippen molar-refractivity contribution in [3.05, 3.63) is 51.8 Å². The lowest BCUT2D eigenvalue weighted by Gasteiger charge is -2.05. The topological polar surface area (TPSA) is 46.9 Å². The number of nitrogens with zero attached hydrogens (tertiary/aromatic N) is 2. The van der Waals surface area contributed by atoms with Gasteiger partial charge in [0, 0.05) is 18.1 Å². The minimum absolute atomic E-state index is 0.102. The summed E-state index contributed by atoms with van der Waals surface area (Å²) in [5.41, 5.74) is 2.57. The second-order valence-electron chi connectivity index (χ2n) is 4.31. The number of hydrogen-bond donors (Lipinski definition) is 1. The van der Waals surface area contributed by atoms with Gasteiger partial charge in [0.05, 0.1) is 5.69 Å². The van der Waals surface area contributed by atoms with Gasteiger partial charge in [-0.1, -0.05) is 35.0 Å². The molecule has 0 aliphatic rings. The zero-order chi connectivity index (χ0) is 13.8. The largest absolute Gasteiger partial charge is 0.347 e. The molecule has 0 aliphatic carbocycles. The van der Waals surface area contributed by atoms with Crippen molar-refractivity contribution < 1.29 is 4.79 Å². The Hall–Kier alpha value is -1.62. The van der Waals surface area contributed by atoms with E-state index in [2.05, 4.69) is 26.3 Å². The second kappa shape index (κ2) is 6.02. The Kier molecular flexibility index (Phi) is 4.37. The minimum atomic E-state index is -0.102. The Morgan fingerprint density at radius 1 is 1.42 bits per heavy atom. The summed E-state index contributed by atoms with van der Waals surface area (Å²) in [4.78, 5) is 12.1. The third-order valence-electron chi connectivity index (χ3n) is 2.87. The van der Waals surface area contributed by atoms with Gasteiger partial charge in [0.2, 0.25) is 0 Å². The fourth-order valence-corrected chi connectivity index (χ4v) is 2.28.